The Balaban J connectivity index is 0.0000000867. The molecule has 17 nitrogen and oxygen atoms in total. The number of carbonyl (C=O) groups excluding carboxylic acids is 8. The van der Waals surface area contributed by atoms with E-state index in [0.717, 1.165) is 118 Å². The second-order valence-corrected chi connectivity index (χ2v) is 34.5. The first kappa shape index (κ1) is 65.4. The van der Waals surface area contributed by atoms with E-state index in [4.69, 9.17) is 42.6 Å². The van der Waals surface area contributed by atoms with Gasteiger partial charge in [0, 0.05) is 41.4 Å². The molecular formula is C81H100O17. The van der Waals surface area contributed by atoms with E-state index in [1.165, 1.54) is 64.2 Å². The van der Waals surface area contributed by atoms with E-state index >= 15 is 0 Å². The molecule has 17 heteroatoms. The van der Waals surface area contributed by atoms with Crippen molar-refractivity contribution in [1.82, 2.24) is 0 Å². The number of allylic oxidation sites excluding steroid dienone is 13. The van der Waals surface area contributed by atoms with Crippen LogP contribution in [0.5, 0.6) is 0 Å². The molecule has 29 unspecified atom stereocenters. The van der Waals surface area contributed by atoms with Gasteiger partial charge in [0.15, 0.2) is 11.9 Å². The first-order chi connectivity index (χ1) is 47.6. The number of fused-ring (bicyclic) bond motifs is 18. The molecule has 0 aromatic carbocycles. The Kier molecular flexibility index (Phi) is 17.7. The van der Waals surface area contributed by atoms with Gasteiger partial charge in [0.1, 0.15) is 24.6 Å². The van der Waals surface area contributed by atoms with E-state index in [-0.39, 0.29) is 94.0 Å². The monoisotopic (exact) mass is 1340 g/mol. The van der Waals surface area contributed by atoms with Crippen molar-refractivity contribution in [3.8, 4) is 0 Å². The predicted octanol–water partition coefficient (Wildman–Crippen LogP) is 11.8. The highest BCUT2D eigenvalue weighted by atomic mass is 16.7. The van der Waals surface area contributed by atoms with Crippen LogP contribution in [0.15, 0.2) is 85.1 Å². The molecule has 10 saturated carbocycles. The van der Waals surface area contributed by atoms with Crippen molar-refractivity contribution in [3.05, 3.63) is 85.1 Å². The van der Waals surface area contributed by atoms with Crippen molar-refractivity contribution < 1.29 is 81.0 Å². The largest absolute Gasteiger partial charge is 0.465 e. The third kappa shape index (κ3) is 12.5. The number of cyclic esters (lactones) is 4. The highest BCUT2D eigenvalue weighted by Gasteiger charge is 2.64. The Morgan fingerprint density at radius 2 is 1.16 bits per heavy atom. The van der Waals surface area contributed by atoms with Crippen molar-refractivity contribution in [3.63, 3.8) is 0 Å². The van der Waals surface area contributed by atoms with Gasteiger partial charge in [-0.05, 0) is 217 Å². The van der Waals surface area contributed by atoms with Gasteiger partial charge < -0.3 is 42.6 Å². The van der Waals surface area contributed by atoms with Gasteiger partial charge in [-0.15, -0.1) is 0 Å². The number of hydrogen-bond acceptors (Lipinski definition) is 17. The Morgan fingerprint density at radius 3 is 1.66 bits per heavy atom. The summed E-state index contributed by atoms with van der Waals surface area (Å²) >= 11 is 0. The fraction of sp³-hybridized carbons (Fsp3) is 0.728. The van der Waals surface area contributed by atoms with Gasteiger partial charge in [-0.3, -0.25) is 38.4 Å². The minimum atomic E-state index is -0.435. The molecule has 23 rings (SSSR count). The normalized spacial score (nSPS) is 48.2. The van der Waals surface area contributed by atoms with Gasteiger partial charge in [-0.2, -0.15) is 0 Å². The van der Waals surface area contributed by atoms with Crippen LogP contribution in [0.1, 0.15) is 154 Å². The van der Waals surface area contributed by atoms with Crippen molar-refractivity contribution in [2.45, 2.75) is 178 Å². The van der Waals surface area contributed by atoms with Crippen LogP contribution in [0.3, 0.4) is 0 Å². The zero-order valence-corrected chi connectivity index (χ0v) is 56.7. The van der Waals surface area contributed by atoms with Crippen LogP contribution in [-0.4, -0.2) is 111 Å². The molecule has 0 aromatic heterocycles. The third-order valence-electron chi connectivity index (χ3n) is 28.7. The second-order valence-electron chi connectivity index (χ2n) is 34.5. The molecule has 3 spiro atoms. The number of rotatable bonds is 7. The summed E-state index contributed by atoms with van der Waals surface area (Å²) in [4.78, 5) is 92.0. The van der Waals surface area contributed by atoms with Gasteiger partial charge >= 0.3 is 41.8 Å². The van der Waals surface area contributed by atoms with Gasteiger partial charge in [0.2, 0.25) is 0 Å². The van der Waals surface area contributed by atoms with E-state index in [1.807, 2.05) is 0 Å². The Hall–Kier alpha value is -5.94. The zero-order chi connectivity index (χ0) is 66.6. The minimum Gasteiger partial charge on any atom is -0.465 e. The molecule has 6 aliphatic heterocycles. The van der Waals surface area contributed by atoms with Crippen molar-refractivity contribution in [1.29, 1.82) is 0 Å². The van der Waals surface area contributed by atoms with Crippen LogP contribution < -0.4 is 0 Å². The number of Topliss-reactive ketones (excluding diaryl/α,β-unsaturated/α-hetero) is 1. The topological polar surface area (TPSA) is 220 Å². The number of hydrogen-bond donors (Lipinski definition) is 0. The number of ether oxygens (including phenoxy) is 9. The smallest absolute Gasteiger partial charge is 0.312 e. The third-order valence-corrected chi connectivity index (χ3v) is 28.7. The molecule has 526 valence electrons. The fourth-order valence-corrected chi connectivity index (χ4v) is 23.8. The lowest BCUT2D eigenvalue weighted by Gasteiger charge is -2.27. The number of ketones is 1. The molecule has 17 aliphatic carbocycles. The van der Waals surface area contributed by atoms with Crippen LogP contribution in [0.4, 0.5) is 0 Å². The van der Waals surface area contributed by atoms with Crippen molar-refractivity contribution in [2.75, 3.05) is 39.8 Å². The maximum atomic E-state index is 12.4. The summed E-state index contributed by atoms with van der Waals surface area (Å²) < 4.78 is 47.7. The molecule has 16 bridgehead atoms. The average molecular weight is 1350 g/mol. The predicted molar refractivity (Wildman–Crippen MR) is 353 cm³/mol. The summed E-state index contributed by atoms with van der Waals surface area (Å²) in [7, 11) is 0. The van der Waals surface area contributed by atoms with E-state index in [9.17, 15) is 38.4 Å². The fourth-order valence-electron chi connectivity index (χ4n) is 23.8. The maximum Gasteiger partial charge on any atom is 0.312 e. The van der Waals surface area contributed by atoms with Crippen molar-refractivity contribution in [2.24, 2.45) is 147 Å². The molecular weight excluding hydrogens is 1240 g/mol. The minimum absolute atomic E-state index is 0.00805. The van der Waals surface area contributed by atoms with Crippen LogP contribution in [-0.2, 0) is 81.0 Å². The van der Waals surface area contributed by atoms with Crippen LogP contribution in [0.2, 0.25) is 0 Å². The molecule has 6 saturated heterocycles. The SMILES string of the molecule is C1=CC2CC1CC21COCO1.O=C(OC1C2CC3C(=O)OC1C3C2)C1CC2C=CC1C2.O=C1CC(C2CC3C=CC2C3)CO1.O=C1CC(CC2CC3C=CC2C3)CO1.O=C1CC2(CO1)CC1C=CC2C1.O=C1CCCC1OC(=O)C1CC2C=CC1C2.O=C1OCCC12CC1C=CC2C1. The van der Waals surface area contributed by atoms with Crippen LogP contribution in [0.25, 0.3) is 0 Å². The molecule has 0 N–H and O–H groups in total. The molecule has 0 radical (unpaired) electrons. The molecule has 6 heterocycles. The molecule has 98 heavy (non-hydrogen) atoms. The van der Waals surface area contributed by atoms with Gasteiger partial charge in [0.25, 0.3) is 0 Å². The standard InChI is InChI=1S/C16H18O4.C13H16O3.C12H16O2.C11H14O2.2C10H12O2.C9H12O2/c17-15(10-4-7-1-2-8(10)3-7)19-13-9-5-11-12(6-9)16(18)20-14(11)13;14-11-2-1-3-12(11)16-13(15)10-7-8-4-5-9(10)6-8;13-12-6-9(7-14-12)5-11-4-8-1-2-10(11)3-8;12-11-5-9(6-13-11)10-4-7-1-2-8(10)3-7;11-9-5-10(6-12-9)4-7-1-2-8(10)3-7;11-9-10(3-4-12-9)6-7-1-2-8(10)5-7;1-2-8-3-7(1)4-9(8)5-10-6-11-9/h1-2,7-14H,3-6H2;4-5,8-10,12H,1-3,6-7H2;1-2,8-11H,3-7H2;1-2,7-10H,3-6H2;2*1-2,7-8H,3-6H2;1-2,7-8H,3-6H2. The van der Waals surface area contributed by atoms with E-state index in [0.29, 0.717) is 130 Å². The summed E-state index contributed by atoms with van der Waals surface area (Å²) in [5.74, 6) is 12.4. The first-order valence-electron chi connectivity index (χ1n) is 38.4. The second kappa shape index (κ2) is 26.5. The zero-order valence-electron chi connectivity index (χ0n) is 56.7. The van der Waals surface area contributed by atoms with Gasteiger partial charge in [-0.1, -0.05) is 85.1 Å². The van der Waals surface area contributed by atoms with E-state index in [1.54, 1.807) is 0 Å². The number of esters is 7. The summed E-state index contributed by atoms with van der Waals surface area (Å²) in [5.41, 5.74) is 0.231. The van der Waals surface area contributed by atoms with Crippen molar-refractivity contribution >= 4 is 47.6 Å². The highest BCUT2D eigenvalue weighted by molar-refractivity contribution is 5.88. The van der Waals surface area contributed by atoms with Gasteiger partial charge in [0.05, 0.1) is 75.5 Å². The quantitative estimate of drug-likeness (QED) is 0.131. The molecule has 16 fully saturated rings. The van der Waals surface area contributed by atoms with E-state index < -0.39 is 6.10 Å². The highest BCUT2D eigenvalue weighted by Crippen LogP contribution is 2.60. The van der Waals surface area contributed by atoms with Gasteiger partial charge in [-0.25, -0.2) is 0 Å². The Morgan fingerprint density at radius 1 is 0.520 bits per heavy atom. The first-order valence-corrected chi connectivity index (χ1v) is 38.4. The molecule has 0 amide bonds. The maximum absolute atomic E-state index is 12.4. The average Bonchev–Trinajstić information content (AvgIpc) is 1.56. The summed E-state index contributed by atoms with van der Waals surface area (Å²) in [6.45, 7) is 4.01. The lowest BCUT2D eigenvalue weighted by molar-refractivity contribution is -0.166. The summed E-state index contributed by atoms with van der Waals surface area (Å²) in [6.07, 6.45) is 55.9. The lowest BCUT2D eigenvalue weighted by atomic mass is 9.75. The summed E-state index contributed by atoms with van der Waals surface area (Å²) in [6, 6.07) is 0. The summed E-state index contributed by atoms with van der Waals surface area (Å²) in [5, 5.41) is 0. The molecule has 23 aliphatic rings. The van der Waals surface area contributed by atoms with Crippen LogP contribution in [0, 0.1) is 147 Å². The number of carbonyl (C=O) groups is 8. The van der Waals surface area contributed by atoms with Crippen LogP contribution >= 0.6 is 0 Å². The van der Waals surface area contributed by atoms with E-state index in [2.05, 4.69) is 85.1 Å². The molecule has 0 aromatic rings. The lowest BCUT2D eigenvalue weighted by Crippen LogP contribution is -2.38. The molecule has 29 atom stereocenters. The Bertz CT molecular complexity index is 3380. The Labute approximate surface area is 575 Å².